The average molecular weight is 248 g/mol. The first-order valence-electron chi connectivity index (χ1n) is 6.74. The Morgan fingerprint density at radius 3 is 3.06 bits per heavy atom. The maximum absolute atomic E-state index is 11.7. The molecule has 98 valence electrons. The van der Waals surface area contributed by atoms with Gasteiger partial charge in [-0.3, -0.25) is 0 Å². The highest BCUT2D eigenvalue weighted by molar-refractivity contribution is 5.91. The normalized spacial score (nSPS) is 46.6. The summed E-state index contributed by atoms with van der Waals surface area (Å²) in [6, 6.07) is 0. The van der Waals surface area contributed by atoms with Crippen LogP contribution >= 0.6 is 0 Å². The van der Waals surface area contributed by atoms with Crippen molar-refractivity contribution in [3.63, 3.8) is 0 Å². The van der Waals surface area contributed by atoms with Crippen LogP contribution < -0.4 is 0 Å². The summed E-state index contributed by atoms with van der Waals surface area (Å²) in [6.45, 7) is 8.17. The molecule has 3 unspecified atom stereocenters. The van der Waals surface area contributed by atoms with Crippen molar-refractivity contribution in [2.75, 3.05) is 0 Å². The van der Waals surface area contributed by atoms with Gasteiger partial charge in [0.15, 0.2) is 0 Å². The number of hydrogen-bond donors (Lipinski definition) is 0. The number of allylic oxidation sites excluding steroid dienone is 2. The molecule has 1 aliphatic carbocycles. The van der Waals surface area contributed by atoms with Gasteiger partial charge in [-0.05, 0) is 39.5 Å². The van der Waals surface area contributed by atoms with Gasteiger partial charge < -0.3 is 9.47 Å². The molecule has 0 saturated carbocycles. The summed E-state index contributed by atoms with van der Waals surface area (Å²) in [4.78, 5) is 11.7. The Bertz CT molecular complexity index is 437. The second kappa shape index (κ2) is 3.95. The van der Waals surface area contributed by atoms with E-state index in [1.54, 1.807) is 0 Å². The maximum Gasteiger partial charge on any atom is 0.334 e. The molecule has 2 fully saturated rings. The molecule has 0 spiro atoms. The molecule has 0 N–H and O–H groups in total. The fourth-order valence-corrected chi connectivity index (χ4v) is 3.20. The van der Waals surface area contributed by atoms with E-state index >= 15 is 0 Å². The maximum atomic E-state index is 11.7. The van der Waals surface area contributed by atoms with Gasteiger partial charge in [-0.15, -0.1) is 0 Å². The molecule has 0 aromatic carbocycles. The topological polar surface area (TPSA) is 38.8 Å². The number of carbonyl (C=O) groups is 1. The van der Waals surface area contributed by atoms with Crippen LogP contribution in [0.25, 0.3) is 0 Å². The quantitative estimate of drug-likeness (QED) is 0.286. The minimum absolute atomic E-state index is 0.0671. The summed E-state index contributed by atoms with van der Waals surface area (Å²) in [5, 5.41) is 0. The Kier molecular flexibility index (Phi) is 2.63. The minimum Gasteiger partial charge on any atom is -0.455 e. The van der Waals surface area contributed by atoms with E-state index in [1.165, 1.54) is 5.57 Å². The van der Waals surface area contributed by atoms with Gasteiger partial charge >= 0.3 is 5.97 Å². The Balaban J connectivity index is 1.87. The first kappa shape index (κ1) is 12.0. The zero-order valence-corrected chi connectivity index (χ0v) is 11.1. The Morgan fingerprint density at radius 1 is 1.50 bits per heavy atom. The number of rotatable bonds is 0. The van der Waals surface area contributed by atoms with Crippen LogP contribution in [0.3, 0.4) is 0 Å². The fraction of sp³-hybridized carbons (Fsp3) is 0.667. The van der Waals surface area contributed by atoms with Gasteiger partial charge in [-0.25, -0.2) is 4.79 Å². The third-order valence-electron chi connectivity index (χ3n) is 4.57. The Labute approximate surface area is 108 Å². The van der Waals surface area contributed by atoms with Crippen molar-refractivity contribution in [1.29, 1.82) is 0 Å². The van der Waals surface area contributed by atoms with Gasteiger partial charge in [-0.2, -0.15) is 0 Å². The van der Waals surface area contributed by atoms with Crippen LogP contribution in [0.1, 0.15) is 39.5 Å². The van der Waals surface area contributed by atoms with E-state index in [2.05, 4.69) is 26.5 Å². The molecule has 0 aromatic heterocycles. The van der Waals surface area contributed by atoms with Gasteiger partial charge in [0, 0.05) is 11.5 Å². The number of fused-ring (bicyclic) bond motifs is 3. The van der Waals surface area contributed by atoms with Crippen LogP contribution in [0.4, 0.5) is 0 Å². The second-order valence-electron chi connectivity index (χ2n) is 5.98. The summed E-state index contributed by atoms with van der Waals surface area (Å²) in [5.74, 6) is -0.102. The van der Waals surface area contributed by atoms with E-state index in [0.717, 1.165) is 25.7 Å². The Hall–Kier alpha value is -1.09. The summed E-state index contributed by atoms with van der Waals surface area (Å²) in [6.07, 6.45) is 6.25. The largest absolute Gasteiger partial charge is 0.455 e. The lowest BCUT2D eigenvalue weighted by atomic mass is 9.84. The zero-order valence-electron chi connectivity index (χ0n) is 11.1. The van der Waals surface area contributed by atoms with E-state index in [-0.39, 0.29) is 29.7 Å². The molecule has 3 nitrogen and oxygen atoms in total. The second-order valence-corrected chi connectivity index (χ2v) is 5.98. The first-order chi connectivity index (χ1) is 8.51. The highest BCUT2D eigenvalue weighted by atomic mass is 16.6. The number of ether oxygens (including phenoxy) is 2. The zero-order chi connectivity index (χ0) is 12.9. The van der Waals surface area contributed by atoms with Crippen LogP contribution in [-0.2, 0) is 14.3 Å². The number of carbonyl (C=O) groups excluding carboxylic acids is 1. The first-order valence-corrected chi connectivity index (χ1v) is 6.74. The molecule has 4 atom stereocenters. The van der Waals surface area contributed by atoms with Crippen molar-refractivity contribution in [1.82, 2.24) is 0 Å². The van der Waals surface area contributed by atoms with E-state index in [4.69, 9.17) is 9.47 Å². The van der Waals surface area contributed by atoms with Crippen molar-refractivity contribution >= 4 is 5.97 Å². The van der Waals surface area contributed by atoms with Crippen molar-refractivity contribution in [3.8, 4) is 0 Å². The number of epoxide rings is 1. The van der Waals surface area contributed by atoms with Crippen LogP contribution in [0, 0.1) is 5.92 Å². The molecule has 18 heavy (non-hydrogen) atoms. The molecule has 3 heteroatoms. The smallest absolute Gasteiger partial charge is 0.334 e. The third-order valence-corrected chi connectivity index (χ3v) is 4.57. The van der Waals surface area contributed by atoms with Gasteiger partial charge in [0.1, 0.15) is 12.2 Å². The van der Waals surface area contributed by atoms with E-state index < -0.39 is 0 Å². The molecule has 0 bridgehead atoms. The number of esters is 1. The highest BCUT2D eigenvalue weighted by Gasteiger charge is 2.61. The van der Waals surface area contributed by atoms with E-state index in [0.29, 0.717) is 5.57 Å². The molecular weight excluding hydrogens is 228 g/mol. The van der Waals surface area contributed by atoms with Crippen molar-refractivity contribution in [2.24, 2.45) is 5.92 Å². The molecule has 2 heterocycles. The summed E-state index contributed by atoms with van der Waals surface area (Å²) in [5.41, 5.74) is 1.91. The lowest BCUT2D eigenvalue weighted by Crippen LogP contribution is -2.28. The van der Waals surface area contributed by atoms with Crippen LogP contribution in [0.5, 0.6) is 0 Å². The van der Waals surface area contributed by atoms with E-state index in [1.807, 2.05) is 0 Å². The third kappa shape index (κ3) is 1.81. The molecule has 0 amide bonds. The molecule has 0 radical (unpaired) electrons. The molecule has 2 saturated heterocycles. The van der Waals surface area contributed by atoms with E-state index in [9.17, 15) is 4.79 Å². The molecule has 3 rings (SSSR count). The minimum atomic E-state index is -0.233. The van der Waals surface area contributed by atoms with Crippen molar-refractivity contribution < 1.29 is 14.3 Å². The molecule has 3 aliphatic rings. The fourth-order valence-electron chi connectivity index (χ4n) is 3.20. The van der Waals surface area contributed by atoms with Gasteiger partial charge in [0.2, 0.25) is 0 Å². The van der Waals surface area contributed by atoms with Gasteiger partial charge in [0.25, 0.3) is 0 Å². The predicted octanol–water partition coefficient (Wildman–Crippen LogP) is 2.76. The SMILES string of the molecule is C=C1C(=O)OC2C3OC3(C)CC/C=C(\C)CC[C@@H]12. The monoisotopic (exact) mass is 248 g/mol. The average Bonchev–Trinajstić information content (AvgIpc) is 2.90. The molecular formula is C15H20O3. The van der Waals surface area contributed by atoms with Gasteiger partial charge in [0.05, 0.1) is 5.60 Å². The van der Waals surface area contributed by atoms with Gasteiger partial charge in [-0.1, -0.05) is 18.2 Å². The van der Waals surface area contributed by atoms with Crippen LogP contribution in [0.2, 0.25) is 0 Å². The van der Waals surface area contributed by atoms with Crippen molar-refractivity contribution in [3.05, 3.63) is 23.8 Å². The summed E-state index contributed by atoms with van der Waals surface area (Å²) < 4.78 is 11.3. The lowest BCUT2D eigenvalue weighted by Gasteiger charge is -2.19. The standard InChI is InChI=1S/C15H20O3/c1-9-5-4-8-15(3)13(18-15)12-11(7-6-9)10(2)14(16)17-12/h5,11-13H,2,4,6-8H2,1,3H3/b9-5+/t11-,12?,13?,15?/m0/s1. The number of hydrogen-bond acceptors (Lipinski definition) is 3. The van der Waals surface area contributed by atoms with Crippen molar-refractivity contribution in [2.45, 2.75) is 57.3 Å². The lowest BCUT2D eigenvalue weighted by molar-refractivity contribution is -0.140. The predicted molar refractivity (Wildman–Crippen MR) is 68.0 cm³/mol. The Morgan fingerprint density at radius 2 is 2.28 bits per heavy atom. The van der Waals surface area contributed by atoms with Crippen LogP contribution in [0.15, 0.2) is 23.8 Å². The highest BCUT2D eigenvalue weighted by Crippen LogP contribution is 2.49. The summed E-state index contributed by atoms with van der Waals surface area (Å²) in [7, 11) is 0. The molecule has 2 aliphatic heterocycles. The summed E-state index contributed by atoms with van der Waals surface area (Å²) >= 11 is 0. The van der Waals surface area contributed by atoms with Crippen LogP contribution in [-0.4, -0.2) is 23.8 Å². The molecule has 0 aromatic rings.